The molecule has 4 nitrogen and oxygen atoms in total. The third-order valence-corrected chi connectivity index (χ3v) is 4.15. The van der Waals surface area contributed by atoms with Gasteiger partial charge in [0.15, 0.2) is 10.2 Å². The zero-order valence-electron chi connectivity index (χ0n) is 10.9. The lowest BCUT2D eigenvalue weighted by atomic mass is 10.2. The van der Waals surface area contributed by atoms with E-state index in [1.165, 1.54) is 0 Å². The second-order valence-electron chi connectivity index (χ2n) is 4.87. The number of thiazole rings is 1. The molecule has 0 aliphatic carbocycles. The first kappa shape index (κ1) is 13.5. The van der Waals surface area contributed by atoms with E-state index in [1.54, 1.807) is 11.3 Å². The van der Waals surface area contributed by atoms with E-state index >= 15 is 0 Å². The van der Waals surface area contributed by atoms with E-state index in [1.807, 2.05) is 11.6 Å². The monoisotopic (exact) mass is 284 g/mol. The Morgan fingerprint density at radius 2 is 2.17 bits per heavy atom. The Balaban J connectivity index is 1.78. The number of hydrogen-bond acceptors (Lipinski definition) is 4. The molecular weight excluding hydrogens is 264 g/mol. The molecule has 0 bridgehead atoms. The molecule has 0 radical (unpaired) electrons. The summed E-state index contributed by atoms with van der Waals surface area (Å²) in [5.41, 5.74) is 0. The van der Waals surface area contributed by atoms with Crippen LogP contribution >= 0.6 is 23.6 Å². The van der Waals surface area contributed by atoms with Crippen LogP contribution in [0.3, 0.4) is 0 Å². The average molecular weight is 284 g/mol. The fourth-order valence-corrected chi connectivity index (χ4v) is 2.84. The molecule has 0 spiro atoms. The summed E-state index contributed by atoms with van der Waals surface area (Å²) in [4.78, 5) is 8.92. The summed E-state index contributed by atoms with van der Waals surface area (Å²) >= 11 is 7.12. The minimum absolute atomic E-state index is 0.625. The van der Waals surface area contributed by atoms with Gasteiger partial charge in [-0.2, -0.15) is 0 Å². The first-order valence-electron chi connectivity index (χ1n) is 6.34. The number of hydrogen-bond donors (Lipinski definition) is 1. The summed E-state index contributed by atoms with van der Waals surface area (Å²) in [6.07, 6.45) is 1.86. The Hall–Kier alpha value is -0.880. The lowest BCUT2D eigenvalue weighted by Crippen LogP contribution is -2.52. The van der Waals surface area contributed by atoms with Gasteiger partial charge in [-0.1, -0.05) is 13.8 Å². The van der Waals surface area contributed by atoms with Crippen molar-refractivity contribution >= 4 is 33.8 Å². The van der Waals surface area contributed by atoms with Crippen LogP contribution in [0.2, 0.25) is 0 Å². The summed E-state index contributed by atoms with van der Waals surface area (Å²) < 4.78 is 0. The minimum Gasteiger partial charge on any atom is -0.362 e. The predicted octanol–water partition coefficient (Wildman–Crippen LogP) is 1.80. The Labute approximate surface area is 118 Å². The molecular formula is C12H20N4S2. The van der Waals surface area contributed by atoms with Gasteiger partial charge in [0.05, 0.1) is 0 Å². The van der Waals surface area contributed by atoms with E-state index in [0.29, 0.717) is 5.92 Å². The van der Waals surface area contributed by atoms with E-state index in [0.717, 1.165) is 43.0 Å². The lowest BCUT2D eigenvalue weighted by Gasteiger charge is -2.36. The van der Waals surface area contributed by atoms with Crippen LogP contribution in [-0.4, -0.2) is 47.7 Å². The molecule has 0 saturated carbocycles. The van der Waals surface area contributed by atoms with Crippen LogP contribution in [0.25, 0.3) is 0 Å². The van der Waals surface area contributed by atoms with Crippen LogP contribution in [0.15, 0.2) is 11.6 Å². The van der Waals surface area contributed by atoms with Crippen LogP contribution in [0, 0.1) is 5.92 Å². The third kappa shape index (κ3) is 3.55. The molecule has 0 aromatic carbocycles. The summed E-state index contributed by atoms with van der Waals surface area (Å²) in [6, 6.07) is 0. The highest BCUT2D eigenvalue weighted by atomic mass is 32.1. The molecule has 2 heterocycles. The first-order chi connectivity index (χ1) is 8.66. The molecule has 1 aromatic heterocycles. The highest BCUT2D eigenvalue weighted by Crippen LogP contribution is 2.18. The second-order valence-corrected chi connectivity index (χ2v) is 6.13. The smallest absolute Gasteiger partial charge is 0.185 e. The number of nitrogens with zero attached hydrogens (tertiary/aromatic N) is 3. The molecule has 0 amide bonds. The largest absolute Gasteiger partial charge is 0.362 e. The molecule has 1 N–H and O–H groups in total. The number of anilines is 1. The summed E-state index contributed by atoms with van der Waals surface area (Å²) in [5, 5.41) is 7.36. The van der Waals surface area contributed by atoms with E-state index < -0.39 is 0 Å². The number of rotatable bonds is 3. The summed E-state index contributed by atoms with van der Waals surface area (Å²) in [5.74, 6) is 0.625. The van der Waals surface area contributed by atoms with Crippen molar-refractivity contribution in [3.63, 3.8) is 0 Å². The van der Waals surface area contributed by atoms with Crippen molar-refractivity contribution in [1.29, 1.82) is 0 Å². The van der Waals surface area contributed by atoms with E-state index in [4.69, 9.17) is 12.2 Å². The Morgan fingerprint density at radius 1 is 1.44 bits per heavy atom. The van der Waals surface area contributed by atoms with Gasteiger partial charge in [0, 0.05) is 44.3 Å². The van der Waals surface area contributed by atoms with Crippen LogP contribution in [-0.2, 0) is 0 Å². The maximum atomic E-state index is 5.41. The molecule has 1 aliphatic rings. The second kappa shape index (κ2) is 6.33. The minimum atomic E-state index is 0.625. The maximum absolute atomic E-state index is 5.41. The highest BCUT2D eigenvalue weighted by Gasteiger charge is 2.20. The fourth-order valence-electron chi connectivity index (χ4n) is 1.88. The van der Waals surface area contributed by atoms with Crippen molar-refractivity contribution in [1.82, 2.24) is 15.2 Å². The molecule has 1 fully saturated rings. The van der Waals surface area contributed by atoms with Gasteiger partial charge in [0.2, 0.25) is 0 Å². The van der Waals surface area contributed by atoms with Crippen molar-refractivity contribution in [2.24, 2.45) is 5.92 Å². The van der Waals surface area contributed by atoms with Gasteiger partial charge in [-0.3, -0.25) is 0 Å². The van der Waals surface area contributed by atoms with Gasteiger partial charge < -0.3 is 15.1 Å². The third-order valence-electron chi connectivity index (χ3n) is 2.92. The van der Waals surface area contributed by atoms with Crippen molar-refractivity contribution in [3.8, 4) is 0 Å². The molecule has 6 heteroatoms. The zero-order valence-corrected chi connectivity index (χ0v) is 12.6. The van der Waals surface area contributed by atoms with Crippen molar-refractivity contribution in [3.05, 3.63) is 11.6 Å². The SMILES string of the molecule is CC(C)CNC(=S)N1CCN(c2nccs2)CC1. The number of aromatic nitrogens is 1. The molecule has 2 rings (SSSR count). The van der Waals surface area contributed by atoms with Crippen LogP contribution in [0.1, 0.15) is 13.8 Å². The van der Waals surface area contributed by atoms with Gasteiger partial charge in [0.25, 0.3) is 0 Å². The molecule has 18 heavy (non-hydrogen) atoms. The molecule has 0 unspecified atom stereocenters. The lowest BCUT2D eigenvalue weighted by molar-refractivity contribution is 0.377. The van der Waals surface area contributed by atoms with Crippen LogP contribution in [0.4, 0.5) is 5.13 Å². The van der Waals surface area contributed by atoms with E-state index in [-0.39, 0.29) is 0 Å². The average Bonchev–Trinajstić information content (AvgIpc) is 2.90. The summed E-state index contributed by atoms with van der Waals surface area (Å²) in [7, 11) is 0. The van der Waals surface area contributed by atoms with Gasteiger partial charge in [-0.05, 0) is 18.1 Å². The normalized spacial score (nSPS) is 16.2. The Kier molecular flexibility index (Phi) is 4.77. The quantitative estimate of drug-likeness (QED) is 0.856. The topological polar surface area (TPSA) is 31.4 Å². The standard InChI is InChI=1S/C12H20N4S2/c1-10(2)9-14-11(17)15-4-6-16(7-5-15)12-13-3-8-18-12/h3,8,10H,4-7,9H2,1-2H3,(H,14,17). The van der Waals surface area contributed by atoms with Crippen LogP contribution < -0.4 is 10.2 Å². The van der Waals surface area contributed by atoms with E-state index in [9.17, 15) is 0 Å². The predicted molar refractivity (Wildman–Crippen MR) is 81.3 cm³/mol. The number of nitrogens with one attached hydrogen (secondary N) is 1. The zero-order chi connectivity index (χ0) is 13.0. The van der Waals surface area contributed by atoms with Crippen molar-refractivity contribution in [2.45, 2.75) is 13.8 Å². The van der Waals surface area contributed by atoms with Crippen molar-refractivity contribution < 1.29 is 0 Å². The Morgan fingerprint density at radius 3 is 2.72 bits per heavy atom. The van der Waals surface area contributed by atoms with Crippen LogP contribution in [0.5, 0.6) is 0 Å². The maximum Gasteiger partial charge on any atom is 0.185 e. The van der Waals surface area contributed by atoms with Gasteiger partial charge in [-0.25, -0.2) is 4.98 Å². The van der Waals surface area contributed by atoms with Gasteiger partial charge >= 0.3 is 0 Å². The molecule has 1 aromatic rings. The van der Waals surface area contributed by atoms with Crippen molar-refractivity contribution in [2.75, 3.05) is 37.6 Å². The molecule has 1 aliphatic heterocycles. The van der Waals surface area contributed by atoms with E-state index in [2.05, 4.69) is 33.9 Å². The summed E-state index contributed by atoms with van der Waals surface area (Å²) in [6.45, 7) is 9.28. The molecule has 0 atom stereocenters. The molecule has 1 saturated heterocycles. The number of piperazine rings is 1. The molecule has 100 valence electrons. The van der Waals surface area contributed by atoms with Gasteiger partial charge in [-0.15, -0.1) is 11.3 Å². The Bertz CT molecular complexity index is 369. The van der Waals surface area contributed by atoms with Gasteiger partial charge in [0.1, 0.15) is 0 Å². The first-order valence-corrected chi connectivity index (χ1v) is 7.63. The fraction of sp³-hybridized carbons (Fsp3) is 0.667. The highest BCUT2D eigenvalue weighted by molar-refractivity contribution is 7.80. The number of thiocarbonyl (C=S) groups is 1.